The number of carbonyl (C=O) groups is 2. The summed E-state index contributed by atoms with van der Waals surface area (Å²) in [5.74, 6) is -7.15. The maximum atomic E-state index is 14.0. The third-order valence-electron chi connectivity index (χ3n) is 18.2. The lowest BCUT2D eigenvalue weighted by Gasteiger charge is -2.49. The summed E-state index contributed by atoms with van der Waals surface area (Å²) < 4.78 is 50.2. The molecule has 0 aromatic rings. The summed E-state index contributed by atoms with van der Waals surface area (Å²) in [4.78, 5) is 27.9. The van der Waals surface area contributed by atoms with Crippen molar-refractivity contribution in [1.29, 1.82) is 0 Å². The summed E-state index contributed by atoms with van der Waals surface area (Å²) in [6, 6.07) is 0. The average molecular weight is 1190 g/mol. The van der Waals surface area contributed by atoms with Crippen LogP contribution in [-0.2, 0) is 47.5 Å². The zero-order chi connectivity index (χ0) is 62.6. The number of methoxy groups -OCH3 is 1. The molecular weight excluding hydrogens is 1080 g/mol. The van der Waals surface area contributed by atoms with Crippen molar-refractivity contribution >= 4 is 11.9 Å². The number of carbonyl (C=O) groups excluding carboxylic acids is 2. The first-order valence-corrected chi connectivity index (χ1v) is 31.3. The van der Waals surface area contributed by atoms with Gasteiger partial charge in [-0.3, -0.25) is 0 Å². The molecular formula is C65H108O19. The number of aliphatic hydroxyl groups excluding tert-OH is 8. The fourth-order valence-electron chi connectivity index (χ4n) is 12.6. The number of allylic oxidation sites excluding steroid dienone is 8. The Hall–Kier alpha value is -3.22. The van der Waals surface area contributed by atoms with E-state index in [0.29, 0.717) is 44.9 Å². The van der Waals surface area contributed by atoms with Crippen LogP contribution >= 0.6 is 0 Å². The summed E-state index contributed by atoms with van der Waals surface area (Å²) in [5, 5.41) is 99.5. The lowest BCUT2D eigenvalue weighted by atomic mass is 9.80. The van der Waals surface area contributed by atoms with E-state index in [1.54, 1.807) is 32.9 Å². The van der Waals surface area contributed by atoms with Gasteiger partial charge in [-0.05, 0) is 77.2 Å². The Balaban J connectivity index is 1.63. The van der Waals surface area contributed by atoms with E-state index in [1.165, 1.54) is 19.3 Å². The Morgan fingerprint density at radius 1 is 0.667 bits per heavy atom. The third kappa shape index (κ3) is 20.4. The highest BCUT2D eigenvalue weighted by Gasteiger charge is 2.51. The number of hydrogen-bond acceptors (Lipinski definition) is 19. The molecule has 84 heavy (non-hydrogen) atoms. The van der Waals surface area contributed by atoms with Gasteiger partial charge in [0.25, 0.3) is 0 Å². The van der Waals surface area contributed by atoms with Crippen LogP contribution in [0.25, 0.3) is 0 Å². The van der Waals surface area contributed by atoms with Gasteiger partial charge in [0.1, 0.15) is 30.5 Å². The molecule has 482 valence electrons. The minimum absolute atomic E-state index is 0.0180. The SMILES string of the molecule is CCC1=C\C=C\C(CC)C(C(C)C(O)CC2(O)CC(OC(O)C(O)C(O)C(O)CC)C(CC)C(C)O2)OC(=O)/C=C/C/C(CC)=C/C=C/C(CC)C(C(C)C(O)CC2(OC)CC(OC3CC(O)C(O)C(CC)O3)C(CC)C(C)O2)OC(=O)\C=C\1. The predicted molar refractivity (Wildman–Crippen MR) is 317 cm³/mol. The summed E-state index contributed by atoms with van der Waals surface area (Å²) in [6.07, 6.45) is 5.22. The van der Waals surface area contributed by atoms with Crippen LogP contribution in [0.1, 0.15) is 173 Å². The smallest absolute Gasteiger partial charge is 0.331 e. The van der Waals surface area contributed by atoms with E-state index in [-0.39, 0.29) is 62.4 Å². The summed E-state index contributed by atoms with van der Waals surface area (Å²) in [5.41, 5.74) is 1.75. The lowest BCUT2D eigenvalue weighted by Crippen LogP contribution is -2.56. The van der Waals surface area contributed by atoms with Gasteiger partial charge in [0, 0.05) is 86.9 Å². The average Bonchev–Trinajstić information content (AvgIpc) is 2.85. The van der Waals surface area contributed by atoms with Crippen LogP contribution in [0.2, 0.25) is 0 Å². The Morgan fingerprint density at radius 2 is 1.24 bits per heavy atom. The van der Waals surface area contributed by atoms with Gasteiger partial charge in [-0.25, -0.2) is 9.59 Å². The molecule has 3 fully saturated rings. The van der Waals surface area contributed by atoms with Crippen LogP contribution in [0.15, 0.2) is 71.9 Å². The fourth-order valence-corrected chi connectivity index (χ4v) is 12.6. The predicted octanol–water partition coefficient (Wildman–Crippen LogP) is 7.47. The van der Waals surface area contributed by atoms with Gasteiger partial charge in [0.15, 0.2) is 24.2 Å². The normalized spacial score (nSPS) is 39.2. The number of rotatable bonds is 24. The van der Waals surface area contributed by atoms with Gasteiger partial charge in [-0.1, -0.05) is 123 Å². The van der Waals surface area contributed by atoms with E-state index in [9.17, 15) is 55.5 Å². The monoisotopic (exact) mass is 1190 g/mol. The first kappa shape index (κ1) is 73.3. The van der Waals surface area contributed by atoms with Crippen molar-refractivity contribution in [2.45, 2.75) is 283 Å². The highest BCUT2D eigenvalue weighted by molar-refractivity contribution is 5.83. The zero-order valence-electron chi connectivity index (χ0n) is 52.5. The highest BCUT2D eigenvalue weighted by Crippen LogP contribution is 2.43. The van der Waals surface area contributed by atoms with Crippen molar-refractivity contribution in [2.75, 3.05) is 7.11 Å². The molecule has 4 rings (SSSR count). The maximum Gasteiger partial charge on any atom is 0.331 e. The third-order valence-corrected chi connectivity index (χ3v) is 18.2. The molecule has 24 unspecified atom stereocenters. The molecule has 0 spiro atoms. The van der Waals surface area contributed by atoms with Crippen molar-refractivity contribution in [3.05, 3.63) is 71.9 Å². The van der Waals surface area contributed by atoms with E-state index >= 15 is 0 Å². The topological polar surface area (TPSA) is 290 Å². The molecule has 0 aromatic heterocycles. The number of ether oxygens (including phenoxy) is 8. The Bertz CT molecular complexity index is 2160. The van der Waals surface area contributed by atoms with Crippen LogP contribution in [0.3, 0.4) is 0 Å². The molecule has 3 saturated heterocycles. The standard InChI is InChI=1S/C65H108O19/c1-14-42-25-22-28-45(17-4)62(39(10)51(69)35-65(77-13)37-54(47(19-6)41(12)84-65)79-57-33-49(67)58(72)52(21-8)78-57)82-56(71)32-31-43(15-2)26-23-29-44(16-3)61(81-55(70)30-24-27-42)38(9)50(68)34-64(76)36-53(46(18-5)40(11)83-64)80-63(75)60(74)59(73)48(66)20-7/h22-26,28-32,38-41,44-54,57-63,66-69,72-76H,14-21,27,33-37H2,1-13H3/b28-22+,29-23+,30-24+,32-31+,42-25+,43-26+. The van der Waals surface area contributed by atoms with Crippen molar-refractivity contribution < 1.29 is 93.4 Å². The van der Waals surface area contributed by atoms with Gasteiger partial charge in [-0.2, -0.15) is 0 Å². The minimum atomic E-state index is -1.99. The van der Waals surface area contributed by atoms with E-state index in [2.05, 4.69) is 0 Å². The number of aliphatic hydroxyl groups is 9. The molecule has 19 heteroatoms. The van der Waals surface area contributed by atoms with Crippen LogP contribution in [0.5, 0.6) is 0 Å². The fraction of sp³-hybridized carbons (Fsp3) is 0.785. The van der Waals surface area contributed by atoms with Gasteiger partial charge >= 0.3 is 11.9 Å². The quantitative estimate of drug-likeness (QED) is 0.0335. The van der Waals surface area contributed by atoms with Crippen LogP contribution in [0, 0.1) is 35.5 Å². The Labute approximate surface area is 500 Å². The van der Waals surface area contributed by atoms with Gasteiger partial charge in [0.05, 0.1) is 54.9 Å². The Morgan fingerprint density at radius 3 is 1.79 bits per heavy atom. The molecule has 4 heterocycles. The molecule has 0 radical (unpaired) electrons. The number of cyclic esters (lactones) is 2. The van der Waals surface area contributed by atoms with Gasteiger partial charge in [-0.15, -0.1) is 0 Å². The largest absolute Gasteiger partial charge is 0.458 e. The second-order valence-electron chi connectivity index (χ2n) is 24.0. The van der Waals surface area contributed by atoms with Gasteiger partial charge in [0.2, 0.25) is 0 Å². The van der Waals surface area contributed by atoms with Gasteiger partial charge < -0.3 is 83.9 Å². The number of hydrogen-bond donors (Lipinski definition) is 9. The maximum absolute atomic E-state index is 14.0. The zero-order valence-corrected chi connectivity index (χ0v) is 52.5. The Kier molecular flexibility index (Phi) is 30.6. The van der Waals surface area contributed by atoms with E-state index in [1.807, 2.05) is 98.8 Å². The molecule has 19 nitrogen and oxygen atoms in total. The molecule has 4 aliphatic rings. The molecule has 0 bridgehead atoms. The van der Waals surface area contributed by atoms with Crippen LogP contribution in [0.4, 0.5) is 0 Å². The van der Waals surface area contributed by atoms with Crippen LogP contribution in [-0.4, -0.2) is 175 Å². The van der Waals surface area contributed by atoms with Crippen LogP contribution < -0.4 is 0 Å². The molecule has 0 saturated carbocycles. The van der Waals surface area contributed by atoms with Crippen molar-refractivity contribution in [1.82, 2.24) is 0 Å². The summed E-state index contributed by atoms with van der Waals surface area (Å²) in [7, 11) is 1.54. The molecule has 24 atom stereocenters. The van der Waals surface area contributed by atoms with E-state index in [0.717, 1.165) is 17.6 Å². The van der Waals surface area contributed by atoms with Crippen molar-refractivity contribution in [3.63, 3.8) is 0 Å². The molecule has 9 N–H and O–H groups in total. The highest BCUT2D eigenvalue weighted by atomic mass is 16.7. The number of esters is 2. The summed E-state index contributed by atoms with van der Waals surface area (Å²) in [6.45, 7) is 22.6. The second-order valence-corrected chi connectivity index (χ2v) is 24.0. The minimum Gasteiger partial charge on any atom is -0.458 e. The summed E-state index contributed by atoms with van der Waals surface area (Å²) >= 11 is 0. The molecule has 0 aromatic carbocycles. The lowest BCUT2D eigenvalue weighted by molar-refractivity contribution is -0.338. The van der Waals surface area contributed by atoms with Crippen molar-refractivity contribution in [3.8, 4) is 0 Å². The molecule has 0 amide bonds. The van der Waals surface area contributed by atoms with Crippen molar-refractivity contribution in [2.24, 2.45) is 35.5 Å². The molecule has 0 aliphatic carbocycles. The van der Waals surface area contributed by atoms with E-state index in [4.69, 9.17) is 37.9 Å². The first-order chi connectivity index (χ1) is 39.8. The van der Waals surface area contributed by atoms with E-state index < -0.39 is 133 Å². The molecule has 4 aliphatic heterocycles. The first-order valence-electron chi connectivity index (χ1n) is 31.3. The second kappa shape index (κ2) is 35.1.